The number of benzene rings is 1. The third kappa shape index (κ3) is 5.16. The van der Waals surface area contributed by atoms with Crippen LogP contribution >= 0.6 is 12.2 Å². The number of rotatable bonds is 6. The second-order valence-corrected chi connectivity index (χ2v) is 4.04. The summed E-state index contributed by atoms with van der Waals surface area (Å²) in [6, 6.07) is 5.42. The fourth-order valence-electron chi connectivity index (χ4n) is 1.37. The van der Waals surface area contributed by atoms with Crippen LogP contribution in [0.15, 0.2) is 23.3 Å². The minimum absolute atomic E-state index is 0.197. The van der Waals surface area contributed by atoms with E-state index >= 15 is 0 Å². The van der Waals surface area contributed by atoms with Gasteiger partial charge in [0.05, 0.1) is 13.3 Å². The standard InChI is InChI=1S/C14H17N3O2S/c1-4-8-19-12-7-6-11(9-13(12)18-3)10-16-17-14(20)15-5-2/h1,6-7,9-10H,5,8H2,2-3H3,(H2,15,17,20). The normalized spacial score (nSPS) is 9.85. The molecule has 0 fully saturated rings. The fourth-order valence-corrected chi connectivity index (χ4v) is 1.57. The van der Waals surface area contributed by atoms with Gasteiger partial charge in [-0.05, 0) is 42.9 Å². The second-order valence-electron chi connectivity index (χ2n) is 3.63. The number of methoxy groups -OCH3 is 1. The van der Waals surface area contributed by atoms with Gasteiger partial charge in [-0.15, -0.1) is 6.42 Å². The average molecular weight is 291 g/mol. The highest BCUT2D eigenvalue weighted by Gasteiger charge is 2.04. The number of thiocarbonyl (C=S) groups is 1. The first-order valence-electron chi connectivity index (χ1n) is 6.02. The van der Waals surface area contributed by atoms with E-state index in [2.05, 4.69) is 21.8 Å². The van der Waals surface area contributed by atoms with E-state index in [0.717, 1.165) is 12.1 Å². The number of hydrazone groups is 1. The van der Waals surface area contributed by atoms with Crippen molar-refractivity contribution in [3.63, 3.8) is 0 Å². The first-order chi connectivity index (χ1) is 9.71. The molecule has 2 N–H and O–H groups in total. The van der Waals surface area contributed by atoms with Gasteiger partial charge in [0.2, 0.25) is 0 Å². The summed E-state index contributed by atoms with van der Waals surface area (Å²) in [5, 5.41) is 7.43. The van der Waals surface area contributed by atoms with Crippen LogP contribution in [0.3, 0.4) is 0 Å². The predicted octanol–water partition coefficient (Wildman–Crippen LogP) is 1.53. The summed E-state index contributed by atoms with van der Waals surface area (Å²) in [5.74, 6) is 3.60. The Hall–Kier alpha value is -2.26. The zero-order valence-corrected chi connectivity index (χ0v) is 12.3. The van der Waals surface area contributed by atoms with Gasteiger partial charge >= 0.3 is 0 Å². The summed E-state index contributed by atoms with van der Waals surface area (Å²) >= 11 is 4.99. The number of nitrogens with one attached hydrogen (secondary N) is 2. The first-order valence-corrected chi connectivity index (χ1v) is 6.43. The molecule has 20 heavy (non-hydrogen) atoms. The molecule has 5 nitrogen and oxygen atoms in total. The Morgan fingerprint density at radius 3 is 2.95 bits per heavy atom. The van der Waals surface area contributed by atoms with Crippen LogP contribution < -0.4 is 20.2 Å². The lowest BCUT2D eigenvalue weighted by Crippen LogP contribution is -2.31. The molecule has 0 aliphatic carbocycles. The quantitative estimate of drug-likeness (QED) is 0.360. The lowest BCUT2D eigenvalue weighted by atomic mass is 10.2. The third-order valence-electron chi connectivity index (χ3n) is 2.22. The summed E-state index contributed by atoms with van der Waals surface area (Å²) < 4.78 is 10.6. The van der Waals surface area contributed by atoms with Crippen molar-refractivity contribution < 1.29 is 9.47 Å². The summed E-state index contributed by atoms with van der Waals surface area (Å²) in [5.41, 5.74) is 3.56. The monoisotopic (exact) mass is 291 g/mol. The second kappa shape index (κ2) is 8.77. The highest BCUT2D eigenvalue weighted by molar-refractivity contribution is 7.80. The molecule has 0 heterocycles. The van der Waals surface area contributed by atoms with Crippen molar-refractivity contribution in [3.8, 4) is 23.8 Å². The molecule has 6 heteroatoms. The molecular formula is C14H17N3O2S. The van der Waals surface area contributed by atoms with Gasteiger partial charge in [-0.1, -0.05) is 5.92 Å². The molecule has 0 aliphatic heterocycles. The molecule has 0 saturated carbocycles. The van der Waals surface area contributed by atoms with Gasteiger partial charge in [-0.25, -0.2) is 0 Å². The van der Waals surface area contributed by atoms with Gasteiger partial charge in [-0.2, -0.15) is 5.10 Å². The van der Waals surface area contributed by atoms with Crippen molar-refractivity contribution >= 4 is 23.5 Å². The Balaban J connectivity index is 2.70. The Morgan fingerprint density at radius 1 is 1.50 bits per heavy atom. The molecule has 0 saturated heterocycles. The molecule has 0 atom stereocenters. The number of hydrogen-bond acceptors (Lipinski definition) is 4. The molecular weight excluding hydrogens is 274 g/mol. The molecule has 0 unspecified atom stereocenters. The number of terminal acetylenes is 1. The maximum Gasteiger partial charge on any atom is 0.186 e. The van der Waals surface area contributed by atoms with Crippen LogP contribution in [0.25, 0.3) is 0 Å². The molecule has 1 aromatic rings. The Labute approximate surface area is 124 Å². The van der Waals surface area contributed by atoms with Crippen LogP contribution in [0.2, 0.25) is 0 Å². The van der Waals surface area contributed by atoms with Crippen LogP contribution in [-0.4, -0.2) is 31.6 Å². The van der Waals surface area contributed by atoms with Crippen molar-refractivity contribution in [1.29, 1.82) is 0 Å². The molecule has 0 aliphatic rings. The van der Waals surface area contributed by atoms with E-state index in [1.807, 2.05) is 13.0 Å². The number of nitrogens with zero attached hydrogens (tertiary/aromatic N) is 1. The lowest BCUT2D eigenvalue weighted by Gasteiger charge is -2.09. The Kier molecular flexibility index (Phi) is 6.93. The SMILES string of the molecule is C#CCOc1ccc(C=NNC(=S)NCC)cc1OC. The zero-order valence-electron chi connectivity index (χ0n) is 11.5. The lowest BCUT2D eigenvalue weighted by molar-refractivity contribution is 0.331. The summed E-state index contributed by atoms with van der Waals surface area (Å²) in [6.07, 6.45) is 6.79. The highest BCUT2D eigenvalue weighted by atomic mass is 32.1. The first kappa shape index (κ1) is 15.8. The van der Waals surface area contributed by atoms with Gasteiger partial charge in [0.1, 0.15) is 6.61 Å². The Bertz CT molecular complexity index is 524. The highest BCUT2D eigenvalue weighted by Crippen LogP contribution is 2.27. The molecule has 0 bridgehead atoms. The summed E-state index contributed by atoms with van der Waals surface area (Å²) in [7, 11) is 1.57. The largest absolute Gasteiger partial charge is 0.493 e. The van der Waals surface area contributed by atoms with Crippen molar-refractivity contribution in [1.82, 2.24) is 10.7 Å². The minimum Gasteiger partial charge on any atom is -0.493 e. The van der Waals surface area contributed by atoms with Gasteiger partial charge in [0.25, 0.3) is 0 Å². The molecule has 1 rings (SSSR count). The predicted molar refractivity (Wildman–Crippen MR) is 84.3 cm³/mol. The van der Waals surface area contributed by atoms with E-state index in [-0.39, 0.29) is 6.61 Å². The van der Waals surface area contributed by atoms with Gasteiger partial charge in [0.15, 0.2) is 16.6 Å². The number of ether oxygens (including phenoxy) is 2. The van der Waals surface area contributed by atoms with Crippen LogP contribution in [0.4, 0.5) is 0 Å². The van der Waals surface area contributed by atoms with Crippen molar-refractivity contribution in [2.45, 2.75) is 6.92 Å². The maximum absolute atomic E-state index is 5.35. The van der Waals surface area contributed by atoms with Gasteiger partial charge in [0, 0.05) is 6.54 Å². The van der Waals surface area contributed by atoms with Crippen molar-refractivity contribution in [3.05, 3.63) is 23.8 Å². The smallest absolute Gasteiger partial charge is 0.186 e. The summed E-state index contributed by atoms with van der Waals surface area (Å²) in [4.78, 5) is 0. The Morgan fingerprint density at radius 2 is 2.30 bits per heavy atom. The maximum atomic E-state index is 5.35. The van der Waals surface area contributed by atoms with E-state index in [1.165, 1.54) is 0 Å². The van der Waals surface area contributed by atoms with Crippen LogP contribution in [0.1, 0.15) is 12.5 Å². The van der Waals surface area contributed by atoms with E-state index in [9.17, 15) is 0 Å². The van der Waals surface area contributed by atoms with Gasteiger partial charge < -0.3 is 14.8 Å². The zero-order chi connectivity index (χ0) is 14.8. The van der Waals surface area contributed by atoms with E-state index in [4.69, 9.17) is 28.1 Å². The van der Waals surface area contributed by atoms with E-state index in [1.54, 1.807) is 25.5 Å². The fraction of sp³-hybridized carbons (Fsp3) is 0.286. The number of hydrogen-bond donors (Lipinski definition) is 2. The van der Waals surface area contributed by atoms with Crippen LogP contribution in [-0.2, 0) is 0 Å². The van der Waals surface area contributed by atoms with Crippen LogP contribution in [0.5, 0.6) is 11.5 Å². The molecule has 1 aromatic carbocycles. The molecule has 0 amide bonds. The molecule has 0 spiro atoms. The third-order valence-corrected chi connectivity index (χ3v) is 2.45. The van der Waals surface area contributed by atoms with Gasteiger partial charge in [-0.3, -0.25) is 5.43 Å². The average Bonchev–Trinajstić information content (AvgIpc) is 2.46. The molecule has 0 aromatic heterocycles. The topological polar surface area (TPSA) is 54.9 Å². The van der Waals surface area contributed by atoms with Crippen molar-refractivity contribution in [2.75, 3.05) is 20.3 Å². The van der Waals surface area contributed by atoms with E-state index < -0.39 is 0 Å². The molecule has 106 valence electrons. The van der Waals surface area contributed by atoms with E-state index in [0.29, 0.717) is 16.6 Å². The van der Waals surface area contributed by atoms with Crippen LogP contribution in [0, 0.1) is 12.3 Å². The molecule has 0 radical (unpaired) electrons. The minimum atomic E-state index is 0.197. The van der Waals surface area contributed by atoms with Crippen molar-refractivity contribution in [2.24, 2.45) is 5.10 Å². The summed E-state index contributed by atoms with van der Waals surface area (Å²) in [6.45, 7) is 2.90.